The first-order valence-electron chi connectivity index (χ1n) is 6.83. The van der Waals surface area contributed by atoms with Crippen molar-refractivity contribution in [3.63, 3.8) is 0 Å². The number of unbranched alkanes of at least 4 members (excludes halogenated alkanes) is 1. The third kappa shape index (κ3) is 3.76. The van der Waals surface area contributed by atoms with Crippen molar-refractivity contribution >= 4 is 0 Å². The lowest BCUT2D eigenvalue weighted by molar-refractivity contribution is 0.456. The number of phenolic OH excluding ortho intramolecular Hbond substituents is 1. The summed E-state index contributed by atoms with van der Waals surface area (Å²) in [5, 5.41) is 9.86. The summed E-state index contributed by atoms with van der Waals surface area (Å²) >= 11 is 0. The van der Waals surface area contributed by atoms with E-state index in [0.717, 1.165) is 18.4 Å². The van der Waals surface area contributed by atoms with Gasteiger partial charge < -0.3 is 5.11 Å². The van der Waals surface area contributed by atoms with Crippen molar-refractivity contribution in [2.24, 2.45) is 0 Å². The Kier molecular flexibility index (Phi) is 5.04. The monoisotopic (exact) mass is 234 g/mol. The van der Waals surface area contributed by atoms with Gasteiger partial charge in [0.25, 0.3) is 0 Å². The molecule has 1 heteroatoms. The maximum absolute atomic E-state index is 9.86. The van der Waals surface area contributed by atoms with Gasteiger partial charge in [0.05, 0.1) is 0 Å². The minimum Gasteiger partial charge on any atom is -0.508 e. The van der Waals surface area contributed by atoms with Crippen molar-refractivity contribution in [1.29, 1.82) is 0 Å². The lowest BCUT2D eigenvalue weighted by Crippen LogP contribution is -2.16. The Balaban J connectivity index is 2.94. The zero-order valence-electron chi connectivity index (χ0n) is 11.7. The summed E-state index contributed by atoms with van der Waals surface area (Å²) in [5.41, 5.74) is 2.67. The van der Waals surface area contributed by atoms with E-state index in [4.69, 9.17) is 0 Å². The lowest BCUT2D eigenvalue weighted by atomic mass is 9.80. The van der Waals surface area contributed by atoms with Crippen molar-refractivity contribution < 1.29 is 5.11 Å². The van der Waals surface area contributed by atoms with E-state index in [1.807, 2.05) is 6.07 Å². The Bertz CT molecular complexity index is 353. The molecule has 0 aliphatic carbocycles. The van der Waals surface area contributed by atoms with E-state index in [9.17, 15) is 5.11 Å². The highest BCUT2D eigenvalue weighted by molar-refractivity contribution is 5.39. The summed E-state index contributed by atoms with van der Waals surface area (Å²) in [5.74, 6) is 0.453. The second-order valence-corrected chi connectivity index (χ2v) is 5.58. The second kappa shape index (κ2) is 6.09. The largest absolute Gasteiger partial charge is 0.508 e. The zero-order chi connectivity index (χ0) is 12.9. The van der Waals surface area contributed by atoms with Crippen LogP contribution in [0.15, 0.2) is 18.2 Å². The zero-order valence-corrected chi connectivity index (χ0v) is 11.7. The van der Waals surface area contributed by atoms with Crippen molar-refractivity contribution in [2.45, 2.75) is 65.2 Å². The number of phenols is 1. The van der Waals surface area contributed by atoms with Crippen LogP contribution in [0.1, 0.15) is 64.5 Å². The van der Waals surface area contributed by atoms with Gasteiger partial charge in [-0.25, -0.2) is 0 Å². The summed E-state index contributed by atoms with van der Waals surface area (Å²) < 4.78 is 0. The third-order valence-electron chi connectivity index (χ3n) is 3.54. The Hall–Kier alpha value is -0.980. The molecule has 0 amide bonds. The molecular formula is C16H26O. The molecule has 0 heterocycles. The standard InChI is InChI=1S/C16H26O/c1-5-7-8-13-12-14(9-10-15(13)17)16(3,4)11-6-2/h9-10,12,17H,5-8,11H2,1-4H3. The molecule has 1 aromatic carbocycles. The summed E-state index contributed by atoms with van der Waals surface area (Å²) in [6.07, 6.45) is 5.68. The maximum atomic E-state index is 9.86. The van der Waals surface area contributed by atoms with E-state index in [2.05, 4.69) is 39.8 Å². The molecule has 0 unspecified atom stereocenters. The van der Waals surface area contributed by atoms with Crippen LogP contribution in [0.3, 0.4) is 0 Å². The van der Waals surface area contributed by atoms with Gasteiger partial charge in [-0.15, -0.1) is 0 Å². The van der Waals surface area contributed by atoms with Gasteiger partial charge in [0, 0.05) is 0 Å². The molecular weight excluding hydrogens is 208 g/mol. The van der Waals surface area contributed by atoms with Gasteiger partial charge in [-0.2, -0.15) is 0 Å². The van der Waals surface area contributed by atoms with Crippen molar-refractivity contribution in [3.05, 3.63) is 29.3 Å². The molecule has 1 nitrogen and oxygen atoms in total. The van der Waals surface area contributed by atoms with E-state index < -0.39 is 0 Å². The quantitative estimate of drug-likeness (QED) is 0.748. The fraction of sp³-hybridized carbons (Fsp3) is 0.625. The van der Waals surface area contributed by atoms with Gasteiger partial charge in [0.2, 0.25) is 0 Å². The average Bonchev–Trinajstić information content (AvgIpc) is 2.27. The first-order chi connectivity index (χ1) is 8.01. The summed E-state index contributed by atoms with van der Waals surface area (Å²) in [4.78, 5) is 0. The molecule has 0 aliphatic heterocycles. The highest BCUT2D eigenvalue weighted by atomic mass is 16.3. The topological polar surface area (TPSA) is 20.2 Å². The highest BCUT2D eigenvalue weighted by Crippen LogP contribution is 2.31. The normalized spacial score (nSPS) is 11.8. The van der Waals surface area contributed by atoms with E-state index in [-0.39, 0.29) is 5.41 Å². The smallest absolute Gasteiger partial charge is 0.118 e. The first kappa shape index (κ1) is 14.1. The summed E-state index contributed by atoms with van der Waals surface area (Å²) in [6, 6.07) is 6.12. The number of hydrogen-bond acceptors (Lipinski definition) is 1. The van der Waals surface area contributed by atoms with Crippen LogP contribution >= 0.6 is 0 Å². The van der Waals surface area contributed by atoms with E-state index in [0.29, 0.717) is 5.75 Å². The molecule has 1 rings (SSSR count). The number of benzene rings is 1. The van der Waals surface area contributed by atoms with Crippen LogP contribution in [0.25, 0.3) is 0 Å². The van der Waals surface area contributed by atoms with Crippen LogP contribution < -0.4 is 0 Å². The first-order valence-corrected chi connectivity index (χ1v) is 6.83. The van der Waals surface area contributed by atoms with Crippen LogP contribution in [0.5, 0.6) is 5.75 Å². The van der Waals surface area contributed by atoms with Crippen LogP contribution in [-0.4, -0.2) is 5.11 Å². The predicted molar refractivity (Wildman–Crippen MR) is 74.7 cm³/mol. The maximum Gasteiger partial charge on any atom is 0.118 e. The van der Waals surface area contributed by atoms with Crippen molar-refractivity contribution in [3.8, 4) is 5.75 Å². The fourth-order valence-electron chi connectivity index (χ4n) is 2.34. The fourth-order valence-corrected chi connectivity index (χ4v) is 2.34. The number of aryl methyl sites for hydroxylation is 1. The molecule has 0 saturated heterocycles. The molecule has 0 radical (unpaired) electrons. The highest BCUT2D eigenvalue weighted by Gasteiger charge is 2.20. The van der Waals surface area contributed by atoms with Crippen molar-refractivity contribution in [2.75, 3.05) is 0 Å². The van der Waals surface area contributed by atoms with Gasteiger partial charge in [-0.1, -0.05) is 52.7 Å². The van der Waals surface area contributed by atoms with E-state index in [1.54, 1.807) is 0 Å². The Labute approximate surface area is 106 Å². The van der Waals surface area contributed by atoms with Gasteiger partial charge in [0.1, 0.15) is 5.75 Å². The molecule has 0 aliphatic rings. The minimum absolute atomic E-state index is 0.212. The summed E-state index contributed by atoms with van der Waals surface area (Å²) in [6.45, 7) is 8.97. The Morgan fingerprint density at radius 3 is 2.41 bits per heavy atom. The number of hydrogen-bond donors (Lipinski definition) is 1. The number of rotatable bonds is 6. The average molecular weight is 234 g/mol. The third-order valence-corrected chi connectivity index (χ3v) is 3.54. The molecule has 0 aromatic heterocycles. The van der Waals surface area contributed by atoms with Gasteiger partial charge >= 0.3 is 0 Å². The Morgan fingerprint density at radius 1 is 1.12 bits per heavy atom. The summed E-state index contributed by atoms with van der Waals surface area (Å²) in [7, 11) is 0. The Morgan fingerprint density at radius 2 is 1.82 bits per heavy atom. The second-order valence-electron chi connectivity index (χ2n) is 5.58. The minimum atomic E-state index is 0.212. The molecule has 0 saturated carbocycles. The molecule has 0 fully saturated rings. The molecule has 1 aromatic rings. The van der Waals surface area contributed by atoms with Gasteiger partial charge in [-0.05, 0) is 41.9 Å². The molecule has 17 heavy (non-hydrogen) atoms. The SMILES string of the molecule is CCCCc1cc(C(C)(C)CCC)ccc1O. The molecule has 0 atom stereocenters. The van der Waals surface area contributed by atoms with E-state index in [1.165, 1.54) is 24.8 Å². The van der Waals surface area contributed by atoms with Crippen LogP contribution in [0, 0.1) is 0 Å². The predicted octanol–water partition coefficient (Wildman–Crippen LogP) is 4.81. The van der Waals surface area contributed by atoms with Gasteiger partial charge in [-0.3, -0.25) is 0 Å². The molecule has 1 N–H and O–H groups in total. The van der Waals surface area contributed by atoms with E-state index >= 15 is 0 Å². The molecule has 96 valence electrons. The van der Waals surface area contributed by atoms with Crippen LogP contribution in [0.4, 0.5) is 0 Å². The lowest BCUT2D eigenvalue weighted by Gasteiger charge is -2.25. The number of aromatic hydroxyl groups is 1. The van der Waals surface area contributed by atoms with Crippen molar-refractivity contribution in [1.82, 2.24) is 0 Å². The molecule has 0 spiro atoms. The van der Waals surface area contributed by atoms with Crippen LogP contribution in [-0.2, 0) is 11.8 Å². The molecule has 0 bridgehead atoms. The van der Waals surface area contributed by atoms with Gasteiger partial charge in [0.15, 0.2) is 0 Å². The van der Waals surface area contributed by atoms with Crippen LogP contribution in [0.2, 0.25) is 0 Å².